The van der Waals surface area contributed by atoms with Gasteiger partial charge in [-0.1, -0.05) is 12.2 Å². The van der Waals surface area contributed by atoms with Crippen LogP contribution in [-0.4, -0.2) is 42.1 Å². The molecule has 0 saturated heterocycles. The van der Waals surface area contributed by atoms with Crippen LogP contribution in [0.3, 0.4) is 0 Å². The van der Waals surface area contributed by atoms with Crippen LogP contribution in [0.25, 0.3) is 0 Å². The summed E-state index contributed by atoms with van der Waals surface area (Å²) in [5.41, 5.74) is 0.852. The Hall–Kier alpha value is -1.52. The first-order valence-electron chi connectivity index (χ1n) is 4.28. The summed E-state index contributed by atoms with van der Waals surface area (Å²) in [6.07, 6.45) is -0.0447. The van der Waals surface area contributed by atoms with Gasteiger partial charge in [0.1, 0.15) is 0 Å². The van der Waals surface area contributed by atoms with Crippen LogP contribution in [0.1, 0.15) is 13.3 Å². The molecule has 0 heterocycles. The van der Waals surface area contributed by atoms with Crippen LogP contribution in [0.4, 0.5) is 4.79 Å². The minimum atomic E-state index is -0.912. The number of amides is 2. The van der Waals surface area contributed by atoms with Crippen molar-refractivity contribution in [3.05, 3.63) is 12.2 Å². The number of carboxylic acids is 1. The first kappa shape index (κ1) is 12.5. The second-order valence-electron chi connectivity index (χ2n) is 3.18. The standard InChI is InChI=1S/C9H16N2O3/c1-7(2)6-10-9(14)11(3)5-4-8(12)13/h1,4-6H2,2-3H3,(H,10,14)(H,12,13). The maximum absolute atomic E-state index is 11.2. The third-order valence-corrected chi connectivity index (χ3v) is 1.55. The fourth-order valence-corrected chi connectivity index (χ4v) is 0.726. The summed E-state index contributed by atoms with van der Waals surface area (Å²) < 4.78 is 0. The predicted molar refractivity (Wildman–Crippen MR) is 53.1 cm³/mol. The Morgan fingerprint density at radius 2 is 2.07 bits per heavy atom. The molecule has 0 fully saturated rings. The third-order valence-electron chi connectivity index (χ3n) is 1.55. The van der Waals surface area contributed by atoms with Gasteiger partial charge in [0.2, 0.25) is 0 Å². The lowest BCUT2D eigenvalue weighted by Crippen LogP contribution is -2.38. The topological polar surface area (TPSA) is 69.6 Å². The van der Waals surface area contributed by atoms with Gasteiger partial charge in [-0.05, 0) is 6.92 Å². The monoisotopic (exact) mass is 200 g/mol. The molecule has 0 rings (SSSR count). The maximum Gasteiger partial charge on any atom is 0.317 e. The number of aliphatic carboxylic acids is 1. The molecule has 5 heteroatoms. The smallest absolute Gasteiger partial charge is 0.317 e. The van der Waals surface area contributed by atoms with Crippen LogP contribution in [0.15, 0.2) is 12.2 Å². The van der Waals surface area contributed by atoms with Crippen molar-refractivity contribution in [1.29, 1.82) is 0 Å². The zero-order valence-electron chi connectivity index (χ0n) is 8.54. The molecule has 0 radical (unpaired) electrons. The average molecular weight is 200 g/mol. The molecule has 0 aliphatic heterocycles. The summed E-state index contributed by atoms with van der Waals surface area (Å²) >= 11 is 0. The third kappa shape index (κ3) is 6.05. The molecular weight excluding hydrogens is 184 g/mol. The van der Waals surface area contributed by atoms with Crippen molar-refractivity contribution in [1.82, 2.24) is 10.2 Å². The molecule has 2 amide bonds. The summed E-state index contributed by atoms with van der Waals surface area (Å²) in [5, 5.41) is 11.0. The quantitative estimate of drug-likeness (QED) is 0.641. The Labute approximate surface area is 83.4 Å². The minimum absolute atomic E-state index is 0.0447. The lowest BCUT2D eigenvalue weighted by atomic mass is 10.3. The highest BCUT2D eigenvalue weighted by Gasteiger charge is 2.08. The lowest BCUT2D eigenvalue weighted by Gasteiger charge is -2.16. The van der Waals surface area contributed by atoms with Gasteiger partial charge in [-0.25, -0.2) is 4.79 Å². The van der Waals surface area contributed by atoms with Gasteiger partial charge in [0.15, 0.2) is 0 Å². The van der Waals surface area contributed by atoms with Crippen LogP contribution in [0, 0.1) is 0 Å². The van der Waals surface area contributed by atoms with E-state index in [0.717, 1.165) is 5.57 Å². The van der Waals surface area contributed by atoms with Crippen molar-refractivity contribution >= 4 is 12.0 Å². The van der Waals surface area contributed by atoms with Crippen LogP contribution in [0.2, 0.25) is 0 Å². The minimum Gasteiger partial charge on any atom is -0.481 e. The summed E-state index contributed by atoms with van der Waals surface area (Å²) in [4.78, 5) is 22.8. The van der Waals surface area contributed by atoms with Gasteiger partial charge in [0, 0.05) is 20.1 Å². The fourth-order valence-electron chi connectivity index (χ4n) is 0.726. The van der Waals surface area contributed by atoms with Crippen molar-refractivity contribution in [3.8, 4) is 0 Å². The number of carbonyl (C=O) groups is 2. The normalized spacial score (nSPS) is 9.29. The molecule has 0 aliphatic rings. The highest BCUT2D eigenvalue weighted by Crippen LogP contribution is 1.90. The molecule has 0 spiro atoms. The van der Waals surface area contributed by atoms with Crippen molar-refractivity contribution in [2.24, 2.45) is 0 Å². The van der Waals surface area contributed by atoms with E-state index in [0.29, 0.717) is 6.54 Å². The summed E-state index contributed by atoms with van der Waals surface area (Å²) in [5.74, 6) is -0.912. The first-order chi connectivity index (χ1) is 6.43. The molecular formula is C9H16N2O3. The van der Waals surface area contributed by atoms with Gasteiger partial charge < -0.3 is 15.3 Å². The second kappa shape index (κ2) is 6.01. The van der Waals surface area contributed by atoms with Crippen molar-refractivity contribution in [3.63, 3.8) is 0 Å². The van der Waals surface area contributed by atoms with Gasteiger partial charge in [-0.15, -0.1) is 0 Å². The second-order valence-corrected chi connectivity index (χ2v) is 3.18. The van der Waals surface area contributed by atoms with Gasteiger partial charge in [-0.2, -0.15) is 0 Å². The lowest BCUT2D eigenvalue weighted by molar-refractivity contribution is -0.137. The van der Waals surface area contributed by atoms with Crippen molar-refractivity contribution in [2.75, 3.05) is 20.1 Å². The molecule has 2 N–H and O–H groups in total. The van der Waals surface area contributed by atoms with Crippen LogP contribution in [0.5, 0.6) is 0 Å². The number of hydrogen-bond acceptors (Lipinski definition) is 2. The first-order valence-corrected chi connectivity index (χ1v) is 4.28. The average Bonchev–Trinajstić information content (AvgIpc) is 2.09. The van der Waals surface area contributed by atoms with Gasteiger partial charge in [0.05, 0.1) is 6.42 Å². The fraction of sp³-hybridized carbons (Fsp3) is 0.556. The number of carbonyl (C=O) groups excluding carboxylic acids is 1. The molecule has 0 saturated carbocycles. The highest BCUT2D eigenvalue weighted by molar-refractivity contribution is 5.75. The largest absolute Gasteiger partial charge is 0.481 e. The number of urea groups is 1. The van der Waals surface area contributed by atoms with E-state index in [1.165, 1.54) is 4.90 Å². The van der Waals surface area contributed by atoms with E-state index >= 15 is 0 Å². The molecule has 5 nitrogen and oxygen atoms in total. The molecule has 0 aromatic heterocycles. The van der Waals surface area contributed by atoms with E-state index in [1.54, 1.807) is 14.0 Å². The van der Waals surface area contributed by atoms with Crippen LogP contribution >= 0.6 is 0 Å². The summed E-state index contributed by atoms with van der Waals surface area (Å²) in [6.45, 7) is 6.06. The number of carboxylic acid groups (broad SMARTS) is 1. The molecule has 0 aliphatic carbocycles. The molecule has 80 valence electrons. The molecule has 0 bridgehead atoms. The van der Waals surface area contributed by atoms with E-state index < -0.39 is 5.97 Å². The van der Waals surface area contributed by atoms with E-state index in [2.05, 4.69) is 11.9 Å². The predicted octanol–water partition coefficient (Wildman–Crippen LogP) is 0.679. The molecule has 0 aromatic carbocycles. The van der Waals surface area contributed by atoms with E-state index in [-0.39, 0.29) is 19.0 Å². The number of nitrogens with zero attached hydrogens (tertiary/aromatic N) is 1. The van der Waals surface area contributed by atoms with E-state index in [4.69, 9.17) is 5.11 Å². The zero-order valence-corrected chi connectivity index (χ0v) is 8.54. The molecule has 0 aromatic rings. The Morgan fingerprint density at radius 1 is 1.50 bits per heavy atom. The summed E-state index contributed by atoms with van der Waals surface area (Å²) in [7, 11) is 1.55. The van der Waals surface area contributed by atoms with Gasteiger partial charge in [-0.3, -0.25) is 4.79 Å². The van der Waals surface area contributed by atoms with Crippen molar-refractivity contribution < 1.29 is 14.7 Å². The Kier molecular flexibility index (Phi) is 5.36. The number of nitrogens with one attached hydrogen (secondary N) is 1. The van der Waals surface area contributed by atoms with Gasteiger partial charge >= 0.3 is 12.0 Å². The van der Waals surface area contributed by atoms with Crippen molar-refractivity contribution in [2.45, 2.75) is 13.3 Å². The maximum atomic E-state index is 11.2. The Bertz CT molecular complexity index is 238. The molecule has 0 atom stereocenters. The highest BCUT2D eigenvalue weighted by atomic mass is 16.4. The van der Waals surface area contributed by atoms with E-state index in [9.17, 15) is 9.59 Å². The molecule has 14 heavy (non-hydrogen) atoms. The van der Waals surface area contributed by atoms with Crippen LogP contribution in [-0.2, 0) is 4.79 Å². The van der Waals surface area contributed by atoms with Crippen LogP contribution < -0.4 is 5.32 Å². The number of hydrogen-bond donors (Lipinski definition) is 2. The SMILES string of the molecule is C=C(C)CNC(=O)N(C)CCC(=O)O. The Balaban J connectivity index is 3.76. The van der Waals surface area contributed by atoms with Gasteiger partial charge in [0.25, 0.3) is 0 Å². The van der Waals surface area contributed by atoms with E-state index in [1.807, 2.05) is 0 Å². The zero-order chi connectivity index (χ0) is 11.1. The number of rotatable bonds is 5. The molecule has 0 unspecified atom stereocenters. The summed E-state index contributed by atoms with van der Waals surface area (Å²) in [6, 6.07) is -0.283. The Morgan fingerprint density at radius 3 is 2.50 bits per heavy atom.